The van der Waals surface area contributed by atoms with Gasteiger partial charge >= 0.3 is 5.97 Å². The number of aromatic nitrogens is 1. The number of nitrogen functional groups attached to an aromatic ring is 1. The second kappa shape index (κ2) is 4.63. The fraction of sp³-hybridized carbons (Fsp3) is 0. The molecule has 0 radical (unpaired) electrons. The zero-order chi connectivity index (χ0) is 11.5. The van der Waals surface area contributed by atoms with Crippen molar-refractivity contribution in [2.75, 3.05) is 5.73 Å². The van der Waals surface area contributed by atoms with Crippen LogP contribution in [0.5, 0.6) is 5.75 Å². The van der Waals surface area contributed by atoms with E-state index in [4.69, 9.17) is 10.5 Å². The topological polar surface area (TPSA) is 65.2 Å². The first-order chi connectivity index (χ1) is 7.68. The highest BCUT2D eigenvalue weighted by molar-refractivity contribution is 9.10. The summed E-state index contributed by atoms with van der Waals surface area (Å²) in [7, 11) is 0. The molecule has 0 saturated heterocycles. The van der Waals surface area contributed by atoms with Gasteiger partial charge in [0.15, 0.2) is 5.69 Å². The molecule has 0 amide bonds. The Morgan fingerprint density at radius 2 is 2.19 bits per heavy atom. The van der Waals surface area contributed by atoms with Gasteiger partial charge in [0.2, 0.25) is 0 Å². The van der Waals surface area contributed by atoms with Gasteiger partial charge in [-0.3, -0.25) is 0 Å². The third kappa shape index (κ3) is 2.23. The number of nitrogens with two attached hydrogens (primary N) is 1. The Balaban J connectivity index is 2.21. The van der Waals surface area contributed by atoms with Gasteiger partial charge in [-0.05, 0) is 28.1 Å². The molecule has 16 heavy (non-hydrogen) atoms. The number of carbonyl (C=O) groups excluding carboxylic acids is 1. The average Bonchev–Trinajstić information content (AvgIpc) is 2.68. The van der Waals surface area contributed by atoms with E-state index in [0.717, 1.165) is 0 Å². The number of hydrogen-bond donors (Lipinski definition) is 1. The number of carbonyl (C=O) groups is 1. The zero-order valence-corrected chi connectivity index (χ0v) is 10.4. The molecular formula is C10H7BrN2O2S. The molecule has 2 rings (SSSR count). The third-order valence-electron chi connectivity index (χ3n) is 1.83. The number of benzene rings is 1. The summed E-state index contributed by atoms with van der Waals surface area (Å²) in [5.41, 5.74) is 7.24. The molecule has 1 heterocycles. The smallest absolute Gasteiger partial charge is 0.365 e. The lowest BCUT2D eigenvalue weighted by atomic mass is 10.3. The quantitative estimate of drug-likeness (QED) is 0.684. The van der Waals surface area contributed by atoms with Crippen LogP contribution in [0.1, 0.15) is 10.5 Å². The van der Waals surface area contributed by atoms with Crippen molar-refractivity contribution in [3.63, 3.8) is 0 Å². The average molecular weight is 299 g/mol. The fourth-order valence-corrected chi connectivity index (χ4v) is 1.97. The lowest BCUT2D eigenvalue weighted by Gasteiger charge is -2.04. The number of rotatable bonds is 2. The van der Waals surface area contributed by atoms with Gasteiger partial charge < -0.3 is 10.5 Å². The summed E-state index contributed by atoms with van der Waals surface area (Å²) in [5, 5.41) is 0.358. The lowest BCUT2D eigenvalue weighted by Crippen LogP contribution is -2.11. The molecule has 1 aromatic carbocycles. The molecule has 0 aliphatic rings. The molecule has 0 spiro atoms. The SMILES string of the molecule is Nc1scnc1C(=O)Oc1ccccc1Br. The summed E-state index contributed by atoms with van der Waals surface area (Å²) in [6, 6.07) is 7.08. The predicted octanol–water partition coefficient (Wildman–Crippen LogP) is 2.71. The van der Waals surface area contributed by atoms with E-state index >= 15 is 0 Å². The normalized spacial score (nSPS) is 10.1. The Labute approximate surface area is 104 Å². The van der Waals surface area contributed by atoms with Crippen LogP contribution in [0.25, 0.3) is 0 Å². The van der Waals surface area contributed by atoms with Gasteiger partial charge in [-0.1, -0.05) is 12.1 Å². The van der Waals surface area contributed by atoms with Gasteiger partial charge in [0.25, 0.3) is 0 Å². The summed E-state index contributed by atoms with van der Waals surface area (Å²) in [6.45, 7) is 0. The van der Waals surface area contributed by atoms with Crippen LogP contribution in [0.4, 0.5) is 5.00 Å². The van der Waals surface area contributed by atoms with Gasteiger partial charge in [0.05, 0.1) is 9.98 Å². The highest BCUT2D eigenvalue weighted by Crippen LogP contribution is 2.25. The number of anilines is 1. The van der Waals surface area contributed by atoms with Gasteiger partial charge in [-0.25, -0.2) is 9.78 Å². The number of para-hydroxylation sites is 1. The Kier molecular flexibility index (Phi) is 3.21. The molecule has 0 fully saturated rings. The van der Waals surface area contributed by atoms with Gasteiger partial charge in [0, 0.05) is 0 Å². The van der Waals surface area contributed by atoms with E-state index in [1.807, 2.05) is 6.07 Å². The summed E-state index contributed by atoms with van der Waals surface area (Å²) in [5.74, 6) is -0.106. The van der Waals surface area contributed by atoms with E-state index in [9.17, 15) is 4.79 Å². The van der Waals surface area contributed by atoms with Crippen molar-refractivity contribution >= 4 is 38.2 Å². The van der Waals surface area contributed by atoms with E-state index in [1.54, 1.807) is 18.2 Å². The molecule has 0 bridgehead atoms. The van der Waals surface area contributed by atoms with Crippen LogP contribution in [-0.4, -0.2) is 11.0 Å². The predicted molar refractivity (Wildman–Crippen MR) is 65.6 cm³/mol. The van der Waals surface area contributed by atoms with E-state index in [2.05, 4.69) is 20.9 Å². The molecular weight excluding hydrogens is 292 g/mol. The van der Waals surface area contributed by atoms with Crippen molar-refractivity contribution in [2.24, 2.45) is 0 Å². The molecule has 0 unspecified atom stereocenters. The number of thiazole rings is 1. The summed E-state index contributed by atoms with van der Waals surface area (Å²) in [6.07, 6.45) is 0. The van der Waals surface area contributed by atoms with Crippen LogP contribution >= 0.6 is 27.3 Å². The van der Waals surface area contributed by atoms with Crippen LogP contribution in [0.2, 0.25) is 0 Å². The summed E-state index contributed by atoms with van der Waals surface area (Å²) in [4.78, 5) is 15.5. The van der Waals surface area contributed by atoms with Crippen molar-refractivity contribution in [3.8, 4) is 5.75 Å². The third-order valence-corrected chi connectivity index (χ3v) is 3.14. The molecule has 6 heteroatoms. The van der Waals surface area contributed by atoms with Gasteiger partial charge in [-0.15, -0.1) is 11.3 Å². The van der Waals surface area contributed by atoms with Crippen LogP contribution in [0.15, 0.2) is 34.2 Å². The number of ether oxygens (including phenoxy) is 1. The molecule has 82 valence electrons. The van der Waals surface area contributed by atoms with E-state index in [1.165, 1.54) is 16.8 Å². The van der Waals surface area contributed by atoms with Crippen LogP contribution in [0.3, 0.4) is 0 Å². The highest BCUT2D eigenvalue weighted by atomic mass is 79.9. The van der Waals surface area contributed by atoms with Gasteiger partial charge in [0.1, 0.15) is 10.8 Å². The number of halogens is 1. The number of esters is 1. The Morgan fingerprint density at radius 1 is 1.44 bits per heavy atom. The zero-order valence-electron chi connectivity index (χ0n) is 8.01. The van der Waals surface area contributed by atoms with E-state index in [-0.39, 0.29) is 5.69 Å². The van der Waals surface area contributed by atoms with Crippen molar-refractivity contribution in [1.29, 1.82) is 0 Å². The maximum Gasteiger partial charge on any atom is 0.365 e. The Morgan fingerprint density at radius 3 is 2.81 bits per heavy atom. The van der Waals surface area contributed by atoms with Crippen molar-refractivity contribution in [1.82, 2.24) is 4.98 Å². The molecule has 4 nitrogen and oxygen atoms in total. The first-order valence-corrected chi connectivity index (χ1v) is 6.01. The number of nitrogens with zero attached hydrogens (tertiary/aromatic N) is 1. The second-order valence-electron chi connectivity index (χ2n) is 2.89. The first kappa shape index (κ1) is 11.1. The monoisotopic (exact) mass is 298 g/mol. The Hall–Kier alpha value is -1.40. The van der Waals surface area contributed by atoms with Crippen molar-refractivity contribution in [3.05, 3.63) is 39.9 Å². The lowest BCUT2D eigenvalue weighted by molar-refractivity contribution is 0.0729. The minimum Gasteiger partial charge on any atom is -0.421 e. The van der Waals surface area contributed by atoms with E-state index < -0.39 is 5.97 Å². The molecule has 0 aliphatic carbocycles. The van der Waals surface area contributed by atoms with Crippen LogP contribution < -0.4 is 10.5 Å². The number of hydrogen-bond acceptors (Lipinski definition) is 5. The van der Waals surface area contributed by atoms with E-state index in [0.29, 0.717) is 15.2 Å². The maximum atomic E-state index is 11.7. The van der Waals surface area contributed by atoms with Crippen LogP contribution in [0, 0.1) is 0 Å². The molecule has 0 aliphatic heterocycles. The first-order valence-electron chi connectivity index (χ1n) is 4.34. The minimum atomic E-state index is -0.550. The van der Waals surface area contributed by atoms with Crippen LogP contribution in [-0.2, 0) is 0 Å². The minimum absolute atomic E-state index is 0.153. The molecule has 2 aromatic rings. The van der Waals surface area contributed by atoms with Crippen molar-refractivity contribution in [2.45, 2.75) is 0 Å². The Bertz CT molecular complexity index is 527. The summed E-state index contributed by atoms with van der Waals surface area (Å²) < 4.78 is 5.85. The highest BCUT2D eigenvalue weighted by Gasteiger charge is 2.16. The van der Waals surface area contributed by atoms with Gasteiger partial charge in [-0.2, -0.15) is 0 Å². The molecule has 0 atom stereocenters. The molecule has 2 N–H and O–H groups in total. The summed E-state index contributed by atoms with van der Waals surface area (Å²) >= 11 is 4.48. The molecule has 1 aromatic heterocycles. The fourth-order valence-electron chi connectivity index (χ4n) is 1.08. The maximum absolute atomic E-state index is 11.7. The molecule has 0 saturated carbocycles. The van der Waals surface area contributed by atoms with Crippen molar-refractivity contribution < 1.29 is 9.53 Å². The standard InChI is InChI=1S/C10H7BrN2O2S/c11-6-3-1-2-4-7(6)15-10(14)8-9(12)16-5-13-8/h1-5H,12H2. The largest absolute Gasteiger partial charge is 0.421 e. The second-order valence-corrected chi connectivity index (χ2v) is 4.63.